The molecule has 5 rings (SSSR count). The molecule has 1 aromatic heterocycles. The first-order chi connectivity index (χ1) is 11.8. The highest BCUT2D eigenvalue weighted by Gasteiger charge is 2.30. The molecule has 0 bridgehead atoms. The first-order valence-corrected chi connectivity index (χ1v) is 8.61. The molecule has 2 aromatic carbocycles. The Balaban J connectivity index is 1.65. The van der Waals surface area contributed by atoms with Gasteiger partial charge >= 0.3 is 0 Å². The van der Waals surface area contributed by atoms with Crippen molar-refractivity contribution >= 4 is 22.5 Å². The highest BCUT2D eigenvalue weighted by atomic mass is 16.2. The molecular weight excluding hydrogens is 296 g/mol. The summed E-state index contributed by atoms with van der Waals surface area (Å²) in [5.74, 6) is 0.632. The van der Waals surface area contributed by atoms with Gasteiger partial charge in [0.2, 0.25) is 0 Å². The largest absolute Gasteiger partial charge is 0.308 e. The van der Waals surface area contributed by atoms with E-state index in [4.69, 9.17) is 4.98 Å². The third-order valence-corrected chi connectivity index (χ3v) is 5.09. The van der Waals surface area contributed by atoms with Crippen molar-refractivity contribution in [3.8, 4) is 0 Å². The van der Waals surface area contributed by atoms with Gasteiger partial charge in [0, 0.05) is 29.2 Å². The summed E-state index contributed by atoms with van der Waals surface area (Å²) in [6, 6.07) is 18.2. The Labute approximate surface area is 140 Å². The Bertz CT molecular complexity index is 959. The third-order valence-electron chi connectivity index (χ3n) is 5.09. The number of amides is 1. The molecule has 0 spiro atoms. The summed E-state index contributed by atoms with van der Waals surface area (Å²) in [6.07, 6.45) is 3.30. The Kier molecular flexibility index (Phi) is 2.96. The molecule has 0 radical (unpaired) electrons. The Morgan fingerprint density at radius 2 is 1.83 bits per heavy atom. The summed E-state index contributed by atoms with van der Waals surface area (Å²) in [5, 5.41) is 0.955. The lowest BCUT2D eigenvalue weighted by atomic mass is 10.0. The number of benzene rings is 2. The minimum atomic E-state index is 0.0976. The molecular formula is C21H18N2O. The van der Waals surface area contributed by atoms with Crippen LogP contribution in [0.5, 0.6) is 0 Å². The maximum Gasteiger partial charge on any atom is 0.259 e. The van der Waals surface area contributed by atoms with E-state index in [1.807, 2.05) is 53.4 Å². The van der Waals surface area contributed by atoms with Gasteiger partial charge in [-0.1, -0.05) is 36.4 Å². The SMILES string of the molecule is O=C(c1cc(C2CC2)nc2ccccc12)N1CCc2ccccc21. The summed E-state index contributed by atoms with van der Waals surface area (Å²) in [6.45, 7) is 0.758. The molecule has 1 aliphatic carbocycles. The smallest absolute Gasteiger partial charge is 0.259 e. The van der Waals surface area contributed by atoms with Crippen molar-refractivity contribution in [1.29, 1.82) is 0 Å². The lowest BCUT2D eigenvalue weighted by Crippen LogP contribution is -2.29. The summed E-state index contributed by atoms with van der Waals surface area (Å²) >= 11 is 0. The molecule has 2 aliphatic rings. The Morgan fingerprint density at radius 3 is 2.71 bits per heavy atom. The lowest BCUT2D eigenvalue weighted by molar-refractivity contribution is 0.0991. The molecule has 1 amide bonds. The fourth-order valence-electron chi connectivity index (χ4n) is 3.66. The van der Waals surface area contributed by atoms with E-state index in [2.05, 4.69) is 6.07 Å². The number of hydrogen-bond acceptors (Lipinski definition) is 2. The van der Waals surface area contributed by atoms with Crippen molar-refractivity contribution in [3.05, 3.63) is 71.4 Å². The van der Waals surface area contributed by atoms with Crippen LogP contribution in [0.2, 0.25) is 0 Å². The molecule has 24 heavy (non-hydrogen) atoms. The van der Waals surface area contributed by atoms with E-state index in [9.17, 15) is 4.79 Å². The standard InChI is InChI=1S/C21H18N2O/c24-21(23-12-11-15-5-1-4-8-20(15)23)17-13-19(14-9-10-14)22-18-7-3-2-6-16(17)18/h1-8,13-14H,9-12H2. The molecule has 3 heteroatoms. The fourth-order valence-corrected chi connectivity index (χ4v) is 3.66. The van der Waals surface area contributed by atoms with Crippen LogP contribution >= 0.6 is 0 Å². The zero-order valence-corrected chi connectivity index (χ0v) is 13.4. The molecule has 118 valence electrons. The zero-order valence-electron chi connectivity index (χ0n) is 13.4. The van der Waals surface area contributed by atoms with Gasteiger partial charge in [0.1, 0.15) is 0 Å². The predicted octanol–water partition coefficient (Wildman–Crippen LogP) is 4.32. The maximum absolute atomic E-state index is 13.3. The minimum Gasteiger partial charge on any atom is -0.308 e. The van der Waals surface area contributed by atoms with Gasteiger partial charge < -0.3 is 4.90 Å². The van der Waals surface area contributed by atoms with E-state index in [1.165, 1.54) is 18.4 Å². The molecule has 0 atom stereocenters. The highest BCUT2D eigenvalue weighted by Crippen LogP contribution is 2.40. The van der Waals surface area contributed by atoms with Crippen LogP contribution in [0.4, 0.5) is 5.69 Å². The average molecular weight is 314 g/mol. The summed E-state index contributed by atoms with van der Waals surface area (Å²) < 4.78 is 0. The van der Waals surface area contributed by atoms with E-state index in [0.29, 0.717) is 5.92 Å². The van der Waals surface area contributed by atoms with Crippen LogP contribution in [-0.2, 0) is 6.42 Å². The quantitative estimate of drug-likeness (QED) is 0.706. The van der Waals surface area contributed by atoms with Crippen molar-refractivity contribution in [3.63, 3.8) is 0 Å². The van der Waals surface area contributed by atoms with Crippen molar-refractivity contribution in [2.45, 2.75) is 25.2 Å². The van der Waals surface area contributed by atoms with Gasteiger partial charge in [-0.25, -0.2) is 0 Å². The van der Waals surface area contributed by atoms with Crippen LogP contribution in [0.25, 0.3) is 10.9 Å². The summed E-state index contributed by atoms with van der Waals surface area (Å²) in [5.41, 5.74) is 5.10. The van der Waals surface area contributed by atoms with Crippen LogP contribution in [0.3, 0.4) is 0 Å². The Morgan fingerprint density at radius 1 is 1.04 bits per heavy atom. The summed E-state index contributed by atoms with van der Waals surface area (Å²) in [7, 11) is 0. The second-order valence-corrected chi connectivity index (χ2v) is 6.72. The van der Waals surface area contributed by atoms with Crippen molar-refractivity contribution in [2.75, 3.05) is 11.4 Å². The zero-order chi connectivity index (χ0) is 16.1. The molecule has 3 nitrogen and oxygen atoms in total. The summed E-state index contributed by atoms with van der Waals surface area (Å²) in [4.78, 5) is 20.0. The number of nitrogens with zero attached hydrogens (tertiary/aromatic N) is 2. The predicted molar refractivity (Wildman–Crippen MR) is 95.5 cm³/mol. The lowest BCUT2D eigenvalue weighted by Gasteiger charge is -2.19. The van der Waals surface area contributed by atoms with Crippen molar-refractivity contribution in [1.82, 2.24) is 4.98 Å². The number of pyridine rings is 1. The van der Waals surface area contributed by atoms with Gasteiger partial charge in [-0.15, -0.1) is 0 Å². The van der Waals surface area contributed by atoms with E-state index in [1.54, 1.807) is 0 Å². The molecule has 0 unspecified atom stereocenters. The van der Waals surface area contributed by atoms with E-state index in [-0.39, 0.29) is 5.91 Å². The topological polar surface area (TPSA) is 33.2 Å². The van der Waals surface area contributed by atoms with Gasteiger partial charge in [-0.3, -0.25) is 9.78 Å². The second-order valence-electron chi connectivity index (χ2n) is 6.72. The number of anilines is 1. The average Bonchev–Trinajstić information content (AvgIpc) is 3.39. The Hall–Kier alpha value is -2.68. The normalized spacial score (nSPS) is 16.4. The number of aromatic nitrogens is 1. The molecule has 0 saturated heterocycles. The van der Waals surface area contributed by atoms with Crippen LogP contribution in [-0.4, -0.2) is 17.4 Å². The van der Waals surface area contributed by atoms with Crippen LogP contribution in [0.1, 0.15) is 40.4 Å². The second kappa shape index (κ2) is 5.17. The minimum absolute atomic E-state index is 0.0976. The van der Waals surface area contributed by atoms with Crippen molar-refractivity contribution in [2.24, 2.45) is 0 Å². The van der Waals surface area contributed by atoms with Crippen LogP contribution in [0, 0.1) is 0 Å². The number of fused-ring (bicyclic) bond motifs is 2. The van der Waals surface area contributed by atoms with E-state index >= 15 is 0 Å². The van der Waals surface area contributed by atoms with Gasteiger partial charge in [-0.05, 0) is 43.0 Å². The van der Waals surface area contributed by atoms with E-state index in [0.717, 1.165) is 40.8 Å². The van der Waals surface area contributed by atoms with Crippen LogP contribution in [0.15, 0.2) is 54.6 Å². The molecule has 1 aliphatic heterocycles. The molecule has 1 fully saturated rings. The molecule has 1 saturated carbocycles. The van der Waals surface area contributed by atoms with Crippen molar-refractivity contribution < 1.29 is 4.79 Å². The number of hydrogen-bond donors (Lipinski definition) is 0. The fraction of sp³-hybridized carbons (Fsp3) is 0.238. The highest BCUT2D eigenvalue weighted by molar-refractivity contribution is 6.14. The molecule has 3 aromatic rings. The first kappa shape index (κ1) is 13.7. The number of rotatable bonds is 2. The number of carbonyl (C=O) groups excluding carboxylic acids is 1. The monoisotopic (exact) mass is 314 g/mol. The molecule has 0 N–H and O–H groups in total. The van der Waals surface area contributed by atoms with Gasteiger partial charge in [0.25, 0.3) is 5.91 Å². The first-order valence-electron chi connectivity index (χ1n) is 8.61. The van der Waals surface area contributed by atoms with E-state index < -0.39 is 0 Å². The van der Waals surface area contributed by atoms with Gasteiger partial charge in [0.05, 0.1) is 11.1 Å². The van der Waals surface area contributed by atoms with Crippen LogP contribution < -0.4 is 4.90 Å². The van der Waals surface area contributed by atoms with Gasteiger partial charge in [-0.2, -0.15) is 0 Å². The number of para-hydroxylation sites is 2. The number of carbonyl (C=O) groups is 1. The third kappa shape index (κ3) is 2.12. The maximum atomic E-state index is 13.3. The molecule has 2 heterocycles. The van der Waals surface area contributed by atoms with Gasteiger partial charge in [0.15, 0.2) is 0 Å².